The average molecular weight is 292 g/mol. The summed E-state index contributed by atoms with van der Waals surface area (Å²) < 4.78 is 16.7. The van der Waals surface area contributed by atoms with E-state index in [4.69, 9.17) is 14.2 Å². The molecule has 1 aliphatic heterocycles. The second-order valence-electron chi connectivity index (χ2n) is 5.64. The van der Waals surface area contributed by atoms with E-state index in [2.05, 4.69) is 0 Å². The minimum absolute atomic E-state index is 0.0238. The molecule has 5 heteroatoms. The Hall–Kier alpha value is -1.75. The van der Waals surface area contributed by atoms with Gasteiger partial charge in [-0.15, -0.1) is 0 Å². The molecule has 21 heavy (non-hydrogen) atoms. The Labute approximate surface area is 123 Å². The number of fused-ring (bicyclic) bond motifs is 1. The number of benzene rings is 1. The monoisotopic (exact) mass is 292 g/mol. The van der Waals surface area contributed by atoms with E-state index in [1.165, 1.54) is 0 Å². The van der Waals surface area contributed by atoms with Crippen LogP contribution in [0.1, 0.15) is 36.3 Å². The molecule has 0 saturated heterocycles. The summed E-state index contributed by atoms with van der Waals surface area (Å²) in [4.78, 5) is 11.2. The van der Waals surface area contributed by atoms with Crippen molar-refractivity contribution >= 4 is 5.97 Å². The predicted molar refractivity (Wildman–Crippen MR) is 75.9 cm³/mol. The molecule has 1 aromatic carbocycles. The van der Waals surface area contributed by atoms with Crippen LogP contribution < -0.4 is 9.47 Å². The van der Waals surface area contributed by atoms with Crippen LogP contribution in [-0.4, -0.2) is 31.4 Å². The molecule has 0 bridgehead atoms. The second kappa shape index (κ2) is 5.93. The molecular formula is C16H20O5. The number of carboxylic acid groups (broad SMARTS) is 1. The molecule has 1 unspecified atom stereocenters. The van der Waals surface area contributed by atoms with Gasteiger partial charge in [-0.1, -0.05) is 6.07 Å². The van der Waals surface area contributed by atoms with Gasteiger partial charge in [0.05, 0.1) is 13.0 Å². The van der Waals surface area contributed by atoms with Gasteiger partial charge in [0.2, 0.25) is 0 Å². The van der Waals surface area contributed by atoms with Gasteiger partial charge in [-0.05, 0) is 30.4 Å². The topological polar surface area (TPSA) is 65.0 Å². The molecule has 1 heterocycles. The Morgan fingerprint density at radius 2 is 2.14 bits per heavy atom. The molecule has 3 rings (SSSR count). The Bertz CT molecular complexity index is 536. The highest BCUT2D eigenvalue weighted by atomic mass is 16.6. The fourth-order valence-electron chi connectivity index (χ4n) is 3.06. The quantitative estimate of drug-likeness (QED) is 0.873. The van der Waals surface area contributed by atoms with Gasteiger partial charge in [-0.25, -0.2) is 0 Å². The molecule has 1 saturated carbocycles. The van der Waals surface area contributed by atoms with Crippen molar-refractivity contribution in [1.82, 2.24) is 0 Å². The van der Waals surface area contributed by atoms with Crippen molar-refractivity contribution in [2.45, 2.75) is 31.8 Å². The molecular weight excluding hydrogens is 272 g/mol. The number of ether oxygens (including phenoxy) is 3. The highest BCUT2D eigenvalue weighted by Crippen LogP contribution is 2.50. The van der Waals surface area contributed by atoms with E-state index < -0.39 is 5.97 Å². The Kier molecular flexibility index (Phi) is 4.01. The molecule has 0 aromatic heterocycles. The molecule has 0 spiro atoms. The first-order chi connectivity index (χ1) is 10.2. The number of hydrogen-bond donors (Lipinski definition) is 1. The highest BCUT2D eigenvalue weighted by Gasteiger charge is 2.38. The lowest BCUT2D eigenvalue weighted by Gasteiger charge is -2.27. The van der Waals surface area contributed by atoms with E-state index in [1.54, 1.807) is 7.11 Å². The summed E-state index contributed by atoms with van der Waals surface area (Å²) >= 11 is 0. The smallest absolute Gasteiger partial charge is 0.303 e. The first-order valence-electron chi connectivity index (χ1n) is 7.32. The predicted octanol–water partition coefficient (Wildman–Crippen LogP) is 2.57. The minimum atomic E-state index is -0.774. The second-order valence-corrected chi connectivity index (χ2v) is 5.64. The van der Waals surface area contributed by atoms with Crippen LogP contribution in [0, 0.1) is 5.92 Å². The van der Waals surface area contributed by atoms with Crippen molar-refractivity contribution in [2.24, 2.45) is 5.92 Å². The molecule has 1 aliphatic carbocycles. The molecule has 1 aromatic rings. The number of rotatable bonds is 6. The van der Waals surface area contributed by atoms with Crippen LogP contribution in [0.2, 0.25) is 0 Å². The van der Waals surface area contributed by atoms with E-state index in [1.807, 2.05) is 12.1 Å². The van der Waals surface area contributed by atoms with Crippen LogP contribution in [0.15, 0.2) is 12.1 Å². The maximum Gasteiger partial charge on any atom is 0.303 e. The van der Waals surface area contributed by atoms with Gasteiger partial charge in [0, 0.05) is 18.6 Å². The van der Waals surface area contributed by atoms with Gasteiger partial charge in [0.1, 0.15) is 13.2 Å². The van der Waals surface area contributed by atoms with Crippen LogP contribution in [-0.2, 0) is 16.1 Å². The van der Waals surface area contributed by atoms with E-state index >= 15 is 0 Å². The Balaban J connectivity index is 2.05. The maximum atomic E-state index is 11.2. The lowest BCUT2D eigenvalue weighted by molar-refractivity contribution is -0.137. The van der Waals surface area contributed by atoms with E-state index in [-0.39, 0.29) is 12.3 Å². The van der Waals surface area contributed by atoms with Gasteiger partial charge in [0.15, 0.2) is 11.5 Å². The minimum Gasteiger partial charge on any atom is -0.486 e. The van der Waals surface area contributed by atoms with Crippen LogP contribution in [0.25, 0.3) is 0 Å². The normalized spacial score (nSPS) is 18.3. The van der Waals surface area contributed by atoms with Gasteiger partial charge in [0.25, 0.3) is 0 Å². The third-order valence-electron chi connectivity index (χ3n) is 4.09. The summed E-state index contributed by atoms with van der Waals surface area (Å²) in [6.07, 6.45) is 2.28. The molecule has 0 radical (unpaired) electrons. The molecule has 1 N–H and O–H groups in total. The first-order valence-corrected chi connectivity index (χ1v) is 7.32. The van der Waals surface area contributed by atoms with Gasteiger partial charge >= 0.3 is 5.97 Å². The van der Waals surface area contributed by atoms with Crippen LogP contribution in [0.5, 0.6) is 11.5 Å². The van der Waals surface area contributed by atoms with Crippen molar-refractivity contribution in [2.75, 3.05) is 20.3 Å². The number of hydrogen-bond acceptors (Lipinski definition) is 4. The molecule has 0 amide bonds. The van der Waals surface area contributed by atoms with Crippen molar-refractivity contribution < 1.29 is 24.1 Å². The van der Waals surface area contributed by atoms with Crippen LogP contribution >= 0.6 is 0 Å². The average Bonchev–Trinajstić information content (AvgIpc) is 3.30. The van der Waals surface area contributed by atoms with E-state index in [0.717, 1.165) is 24.0 Å². The fourth-order valence-corrected chi connectivity index (χ4v) is 3.06. The largest absolute Gasteiger partial charge is 0.486 e. The van der Waals surface area contributed by atoms with E-state index in [0.29, 0.717) is 37.2 Å². The summed E-state index contributed by atoms with van der Waals surface area (Å²) in [5.41, 5.74) is 1.97. The zero-order valence-electron chi connectivity index (χ0n) is 12.1. The fraction of sp³-hybridized carbons (Fsp3) is 0.562. The lowest BCUT2D eigenvalue weighted by atomic mass is 9.86. The SMILES string of the molecule is COCc1ccc2c(c1C(CC(=O)O)C1CC1)OCCO2. The van der Waals surface area contributed by atoms with Gasteiger partial charge in [-0.2, -0.15) is 0 Å². The maximum absolute atomic E-state index is 11.2. The van der Waals surface area contributed by atoms with E-state index in [9.17, 15) is 9.90 Å². The summed E-state index contributed by atoms with van der Waals surface area (Å²) in [6.45, 7) is 1.48. The van der Waals surface area contributed by atoms with Crippen molar-refractivity contribution in [3.8, 4) is 11.5 Å². The summed E-state index contributed by atoms with van der Waals surface area (Å²) in [6, 6.07) is 3.85. The van der Waals surface area contributed by atoms with Gasteiger partial charge < -0.3 is 19.3 Å². The lowest BCUT2D eigenvalue weighted by Crippen LogP contribution is -2.20. The highest BCUT2D eigenvalue weighted by molar-refractivity contribution is 5.69. The van der Waals surface area contributed by atoms with Crippen molar-refractivity contribution in [3.05, 3.63) is 23.3 Å². The number of carboxylic acids is 1. The van der Waals surface area contributed by atoms with Crippen molar-refractivity contribution in [1.29, 1.82) is 0 Å². The number of aliphatic carboxylic acids is 1. The van der Waals surface area contributed by atoms with Gasteiger partial charge in [-0.3, -0.25) is 4.79 Å². The first kappa shape index (κ1) is 14.2. The van der Waals surface area contributed by atoms with Crippen LogP contribution in [0.4, 0.5) is 0 Å². The molecule has 2 aliphatic rings. The van der Waals surface area contributed by atoms with Crippen molar-refractivity contribution in [3.63, 3.8) is 0 Å². The zero-order valence-corrected chi connectivity index (χ0v) is 12.1. The number of carbonyl (C=O) groups is 1. The third-order valence-corrected chi connectivity index (χ3v) is 4.09. The summed E-state index contributed by atoms with van der Waals surface area (Å²) in [5.74, 6) is 1.06. The Morgan fingerprint density at radius 3 is 2.81 bits per heavy atom. The number of methoxy groups -OCH3 is 1. The zero-order chi connectivity index (χ0) is 14.8. The molecule has 114 valence electrons. The summed E-state index contributed by atoms with van der Waals surface area (Å²) in [5, 5.41) is 9.24. The van der Waals surface area contributed by atoms with Crippen LogP contribution in [0.3, 0.4) is 0 Å². The molecule has 1 fully saturated rings. The molecule has 5 nitrogen and oxygen atoms in total. The summed E-state index contributed by atoms with van der Waals surface area (Å²) in [7, 11) is 1.64. The standard InChI is InChI=1S/C16H20O5/c1-19-9-11-4-5-13-16(21-7-6-20-13)15(11)12(8-14(17)18)10-2-3-10/h4-5,10,12H,2-3,6-9H2,1H3,(H,17,18). The third kappa shape index (κ3) is 2.97. The molecule has 1 atom stereocenters. The Morgan fingerprint density at radius 1 is 1.38 bits per heavy atom.